The Morgan fingerprint density at radius 3 is 2.71 bits per heavy atom. The number of rotatable bonds is 3. The van der Waals surface area contributed by atoms with Crippen molar-refractivity contribution in [1.82, 2.24) is 0 Å². The minimum absolute atomic E-state index is 0.144. The normalized spacial score (nSPS) is 36.1. The van der Waals surface area contributed by atoms with Gasteiger partial charge in [0, 0.05) is 12.0 Å². The van der Waals surface area contributed by atoms with Crippen LogP contribution in [0.1, 0.15) is 52.4 Å². The molecule has 2 atom stereocenters. The summed E-state index contributed by atoms with van der Waals surface area (Å²) in [6.07, 6.45) is 5.57. The van der Waals surface area contributed by atoms with Crippen LogP contribution in [0.3, 0.4) is 0 Å². The molecule has 0 aromatic carbocycles. The number of nitriles is 1. The molecule has 1 saturated heterocycles. The Hall–Kier alpha value is -0.880. The minimum Gasteiger partial charge on any atom is -0.378 e. The van der Waals surface area contributed by atoms with E-state index in [9.17, 15) is 10.1 Å². The number of hydrogen-bond acceptors (Lipinski definition) is 3. The Kier molecular flexibility index (Phi) is 3.27. The number of Topliss-reactive ketones (excluding diaryl/α,β-unsaturated/α-hetero) is 1. The lowest BCUT2D eigenvalue weighted by Gasteiger charge is -2.23. The topological polar surface area (TPSA) is 50.1 Å². The Morgan fingerprint density at radius 2 is 2.24 bits per heavy atom. The standard InChI is InChI=1S/C14H21NO2/c1-13(2)7-8-14(10-15,12(13)16)6-5-11-4-3-9-17-11/h11H,3-9H2,1-2H3. The number of carbonyl (C=O) groups is 1. The van der Waals surface area contributed by atoms with Gasteiger partial charge in [-0.1, -0.05) is 13.8 Å². The van der Waals surface area contributed by atoms with E-state index in [0.29, 0.717) is 6.42 Å². The van der Waals surface area contributed by atoms with Crippen molar-refractivity contribution in [1.29, 1.82) is 5.26 Å². The highest BCUT2D eigenvalue weighted by Gasteiger charge is 2.52. The maximum atomic E-state index is 12.3. The first-order valence-electron chi connectivity index (χ1n) is 6.58. The first kappa shape index (κ1) is 12.6. The molecule has 2 aliphatic rings. The summed E-state index contributed by atoms with van der Waals surface area (Å²) in [5, 5.41) is 9.38. The fourth-order valence-electron chi connectivity index (χ4n) is 3.08. The lowest BCUT2D eigenvalue weighted by molar-refractivity contribution is -0.130. The molecule has 1 saturated carbocycles. The van der Waals surface area contributed by atoms with Gasteiger partial charge in [-0.05, 0) is 38.5 Å². The van der Waals surface area contributed by atoms with Crippen LogP contribution in [0.2, 0.25) is 0 Å². The van der Waals surface area contributed by atoms with Crippen LogP contribution in [-0.2, 0) is 9.53 Å². The van der Waals surface area contributed by atoms with Gasteiger partial charge in [-0.3, -0.25) is 4.79 Å². The molecule has 1 aliphatic heterocycles. The van der Waals surface area contributed by atoms with Crippen molar-refractivity contribution in [3.63, 3.8) is 0 Å². The molecule has 3 heteroatoms. The highest BCUT2D eigenvalue weighted by molar-refractivity contribution is 5.94. The summed E-state index contributed by atoms with van der Waals surface area (Å²) in [5.41, 5.74) is -1.04. The number of hydrogen-bond donors (Lipinski definition) is 0. The van der Waals surface area contributed by atoms with E-state index < -0.39 is 5.41 Å². The fraction of sp³-hybridized carbons (Fsp3) is 0.857. The average Bonchev–Trinajstić information content (AvgIpc) is 2.88. The molecule has 0 aromatic heterocycles. The second-order valence-corrected chi connectivity index (χ2v) is 6.08. The SMILES string of the molecule is CC1(C)CCC(C#N)(CCC2CCCO2)C1=O. The summed E-state index contributed by atoms with van der Waals surface area (Å²) in [4.78, 5) is 12.3. The van der Waals surface area contributed by atoms with Gasteiger partial charge in [-0.15, -0.1) is 0 Å². The first-order chi connectivity index (χ1) is 8.00. The first-order valence-corrected chi connectivity index (χ1v) is 6.58. The van der Waals surface area contributed by atoms with Gasteiger partial charge < -0.3 is 4.74 Å². The zero-order valence-corrected chi connectivity index (χ0v) is 10.8. The third-order valence-corrected chi connectivity index (χ3v) is 4.36. The maximum absolute atomic E-state index is 12.3. The van der Waals surface area contributed by atoms with Crippen LogP contribution in [0.25, 0.3) is 0 Å². The van der Waals surface area contributed by atoms with E-state index in [4.69, 9.17) is 4.74 Å². The van der Waals surface area contributed by atoms with Crippen LogP contribution in [0.15, 0.2) is 0 Å². The van der Waals surface area contributed by atoms with Crippen molar-refractivity contribution in [3.8, 4) is 6.07 Å². The molecule has 2 fully saturated rings. The summed E-state index contributed by atoms with van der Waals surface area (Å²) in [6, 6.07) is 2.30. The third-order valence-electron chi connectivity index (χ3n) is 4.36. The Balaban J connectivity index is 2.01. The number of ketones is 1. The molecule has 2 unspecified atom stereocenters. The van der Waals surface area contributed by atoms with Gasteiger partial charge in [0.1, 0.15) is 5.41 Å². The predicted octanol–water partition coefficient (Wildman–Crippen LogP) is 2.84. The van der Waals surface area contributed by atoms with E-state index in [0.717, 1.165) is 38.7 Å². The number of ether oxygens (including phenoxy) is 1. The van der Waals surface area contributed by atoms with Gasteiger partial charge in [0.2, 0.25) is 0 Å². The number of nitrogens with zero attached hydrogens (tertiary/aromatic N) is 1. The van der Waals surface area contributed by atoms with Gasteiger partial charge in [-0.2, -0.15) is 5.26 Å². The molecule has 0 bridgehead atoms. The van der Waals surface area contributed by atoms with Gasteiger partial charge in [0.15, 0.2) is 5.78 Å². The second kappa shape index (κ2) is 4.42. The zero-order valence-electron chi connectivity index (χ0n) is 10.8. The minimum atomic E-state index is -0.727. The lowest BCUT2D eigenvalue weighted by Crippen LogP contribution is -2.32. The summed E-state index contributed by atoms with van der Waals surface area (Å²) >= 11 is 0. The monoisotopic (exact) mass is 235 g/mol. The Morgan fingerprint density at radius 1 is 1.47 bits per heavy atom. The molecule has 1 aliphatic carbocycles. The molecule has 0 spiro atoms. The van der Waals surface area contributed by atoms with Crippen LogP contribution < -0.4 is 0 Å². The molecule has 3 nitrogen and oxygen atoms in total. The molecule has 0 N–H and O–H groups in total. The largest absolute Gasteiger partial charge is 0.378 e. The highest BCUT2D eigenvalue weighted by atomic mass is 16.5. The molecular weight excluding hydrogens is 214 g/mol. The molecule has 0 radical (unpaired) electrons. The molecule has 0 aromatic rings. The van der Waals surface area contributed by atoms with Gasteiger partial charge >= 0.3 is 0 Å². The van der Waals surface area contributed by atoms with E-state index in [1.54, 1.807) is 0 Å². The second-order valence-electron chi connectivity index (χ2n) is 6.08. The van der Waals surface area contributed by atoms with Crippen molar-refractivity contribution in [2.24, 2.45) is 10.8 Å². The van der Waals surface area contributed by atoms with Crippen molar-refractivity contribution in [3.05, 3.63) is 0 Å². The van der Waals surface area contributed by atoms with Crippen molar-refractivity contribution < 1.29 is 9.53 Å². The van der Waals surface area contributed by atoms with Crippen molar-refractivity contribution in [2.75, 3.05) is 6.61 Å². The van der Waals surface area contributed by atoms with Gasteiger partial charge in [0.05, 0.1) is 12.2 Å². The molecule has 2 rings (SSSR count). The zero-order chi connectivity index (χ0) is 12.5. The molecule has 17 heavy (non-hydrogen) atoms. The molecule has 1 heterocycles. The summed E-state index contributed by atoms with van der Waals surface area (Å²) in [7, 11) is 0. The smallest absolute Gasteiger partial charge is 0.158 e. The van der Waals surface area contributed by atoms with E-state index in [1.807, 2.05) is 13.8 Å². The van der Waals surface area contributed by atoms with E-state index in [1.165, 1.54) is 0 Å². The molecule has 94 valence electrons. The average molecular weight is 235 g/mol. The quantitative estimate of drug-likeness (QED) is 0.755. The molecular formula is C14H21NO2. The summed E-state index contributed by atoms with van der Waals surface area (Å²) in [5.74, 6) is 0.144. The maximum Gasteiger partial charge on any atom is 0.158 e. The van der Waals surface area contributed by atoms with Crippen LogP contribution in [-0.4, -0.2) is 18.5 Å². The van der Waals surface area contributed by atoms with E-state index >= 15 is 0 Å². The third kappa shape index (κ3) is 2.24. The van der Waals surface area contributed by atoms with E-state index in [2.05, 4.69) is 6.07 Å². The fourth-order valence-corrected chi connectivity index (χ4v) is 3.08. The van der Waals surface area contributed by atoms with Crippen LogP contribution >= 0.6 is 0 Å². The van der Waals surface area contributed by atoms with Crippen molar-refractivity contribution in [2.45, 2.75) is 58.5 Å². The van der Waals surface area contributed by atoms with Crippen LogP contribution in [0.4, 0.5) is 0 Å². The van der Waals surface area contributed by atoms with E-state index in [-0.39, 0.29) is 17.3 Å². The highest BCUT2D eigenvalue weighted by Crippen LogP contribution is 2.48. The van der Waals surface area contributed by atoms with Crippen LogP contribution in [0, 0.1) is 22.2 Å². The van der Waals surface area contributed by atoms with Crippen LogP contribution in [0.5, 0.6) is 0 Å². The summed E-state index contributed by atoms with van der Waals surface area (Å²) in [6.45, 7) is 4.75. The predicted molar refractivity (Wildman–Crippen MR) is 64.3 cm³/mol. The summed E-state index contributed by atoms with van der Waals surface area (Å²) < 4.78 is 5.57. The lowest BCUT2D eigenvalue weighted by atomic mass is 9.77. The molecule has 0 amide bonds. The number of carbonyl (C=O) groups excluding carboxylic acids is 1. The Bertz CT molecular complexity index is 350. The van der Waals surface area contributed by atoms with Crippen molar-refractivity contribution >= 4 is 5.78 Å². The van der Waals surface area contributed by atoms with Gasteiger partial charge in [0.25, 0.3) is 0 Å². The Labute approximate surface area is 103 Å². The van der Waals surface area contributed by atoms with Gasteiger partial charge in [-0.25, -0.2) is 0 Å².